The quantitative estimate of drug-likeness (QED) is 0.764. The summed E-state index contributed by atoms with van der Waals surface area (Å²) in [7, 11) is 1.95. The summed E-state index contributed by atoms with van der Waals surface area (Å²) >= 11 is 0. The molecule has 4 nitrogen and oxygen atoms in total. The topological polar surface area (TPSA) is 39.3 Å². The van der Waals surface area contributed by atoms with Crippen molar-refractivity contribution < 1.29 is 4.79 Å². The van der Waals surface area contributed by atoms with E-state index in [1.807, 2.05) is 30.1 Å². The minimum atomic E-state index is 0.0965. The Balaban J connectivity index is 1.55. The number of aromatic nitrogens is 1. The smallest absolute Gasteiger partial charge is 0.270 e. The van der Waals surface area contributed by atoms with E-state index < -0.39 is 0 Å². The predicted molar refractivity (Wildman–Crippen MR) is 108 cm³/mol. The molecular weight excluding hydrogens is 322 g/mol. The van der Waals surface area contributed by atoms with Crippen LogP contribution in [-0.4, -0.2) is 53.4 Å². The summed E-state index contributed by atoms with van der Waals surface area (Å²) in [6.45, 7) is 5.57. The summed E-state index contributed by atoms with van der Waals surface area (Å²) in [4.78, 5) is 20.8. The molecule has 0 bridgehead atoms. The summed E-state index contributed by atoms with van der Waals surface area (Å²) in [5.41, 5.74) is 1.72. The van der Waals surface area contributed by atoms with Crippen molar-refractivity contribution in [1.29, 1.82) is 0 Å². The number of nitrogens with one attached hydrogen (secondary N) is 1. The Morgan fingerprint density at radius 2 is 1.92 bits per heavy atom. The third-order valence-corrected chi connectivity index (χ3v) is 5.72. The molecule has 136 valence electrons. The van der Waals surface area contributed by atoms with Gasteiger partial charge in [-0.15, -0.1) is 0 Å². The standard InChI is InChI=1S/C22H27N3O/c1-3-12-25-13-10-17(11-14-25)24(2)22(26)21-15-19-18-7-5-4-6-16(18)8-9-20(19)23-21/h4-9,15,17,23H,3,10-14H2,1-2H3. The first-order valence-corrected chi connectivity index (χ1v) is 9.67. The van der Waals surface area contributed by atoms with E-state index in [0.717, 1.165) is 36.8 Å². The average Bonchev–Trinajstić information content (AvgIpc) is 3.12. The van der Waals surface area contributed by atoms with Gasteiger partial charge in [0.1, 0.15) is 5.69 Å². The molecule has 0 radical (unpaired) electrons. The van der Waals surface area contributed by atoms with Gasteiger partial charge in [0, 0.05) is 37.1 Å². The van der Waals surface area contributed by atoms with Crippen molar-refractivity contribution in [3.05, 3.63) is 48.2 Å². The molecule has 3 aromatic rings. The Hall–Kier alpha value is -2.33. The lowest BCUT2D eigenvalue weighted by Crippen LogP contribution is -2.45. The number of benzene rings is 2. The highest BCUT2D eigenvalue weighted by Crippen LogP contribution is 2.27. The molecule has 1 aliphatic heterocycles. The summed E-state index contributed by atoms with van der Waals surface area (Å²) in [5, 5.41) is 3.52. The van der Waals surface area contributed by atoms with Crippen LogP contribution in [0.3, 0.4) is 0 Å². The third-order valence-electron chi connectivity index (χ3n) is 5.72. The van der Waals surface area contributed by atoms with Crippen LogP contribution < -0.4 is 0 Å². The fourth-order valence-corrected chi connectivity index (χ4v) is 4.20. The maximum absolute atomic E-state index is 13.0. The summed E-state index contributed by atoms with van der Waals surface area (Å²) in [5.74, 6) is 0.0965. The van der Waals surface area contributed by atoms with Crippen LogP contribution in [0.25, 0.3) is 21.7 Å². The molecule has 1 amide bonds. The molecule has 4 rings (SSSR count). The van der Waals surface area contributed by atoms with Gasteiger partial charge in [-0.25, -0.2) is 0 Å². The average molecular weight is 349 g/mol. The van der Waals surface area contributed by atoms with Gasteiger partial charge in [0.25, 0.3) is 5.91 Å². The Morgan fingerprint density at radius 1 is 1.15 bits per heavy atom. The van der Waals surface area contributed by atoms with Gasteiger partial charge in [-0.3, -0.25) is 4.79 Å². The van der Waals surface area contributed by atoms with Gasteiger partial charge in [0.05, 0.1) is 0 Å². The Morgan fingerprint density at radius 3 is 2.69 bits per heavy atom. The first kappa shape index (κ1) is 17.1. The number of nitrogens with zero attached hydrogens (tertiary/aromatic N) is 2. The number of aromatic amines is 1. The molecule has 1 aromatic heterocycles. The largest absolute Gasteiger partial charge is 0.351 e. The molecule has 26 heavy (non-hydrogen) atoms. The number of piperidine rings is 1. The SMILES string of the molecule is CCCN1CCC(N(C)C(=O)c2cc3c(ccc4ccccc43)[nH]2)CC1. The minimum Gasteiger partial charge on any atom is -0.351 e. The lowest BCUT2D eigenvalue weighted by molar-refractivity contribution is 0.0638. The lowest BCUT2D eigenvalue weighted by atomic mass is 10.0. The van der Waals surface area contributed by atoms with Gasteiger partial charge >= 0.3 is 0 Å². The molecule has 0 atom stereocenters. The summed E-state index contributed by atoms with van der Waals surface area (Å²) in [6.07, 6.45) is 3.32. The number of rotatable bonds is 4. The minimum absolute atomic E-state index is 0.0965. The zero-order valence-electron chi connectivity index (χ0n) is 15.7. The number of carbonyl (C=O) groups is 1. The number of fused-ring (bicyclic) bond motifs is 3. The monoisotopic (exact) mass is 349 g/mol. The fourth-order valence-electron chi connectivity index (χ4n) is 4.20. The molecule has 1 aliphatic rings. The molecule has 0 saturated carbocycles. The molecule has 1 N–H and O–H groups in total. The maximum Gasteiger partial charge on any atom is 0.270 e. The van der Waals surface area contributed by atoms with Crippen LogP contribution in [0.1, 0.15) is 36.7 Å². The summed E-state index contributed by atoms with van der Waals surface area (Å²) in [6, 6.07) is 14.8. The van der Waals surface area contributed by atoms with Crippen molar-refractivity contribution in [2.45, 2.75) is 32.2 Å². The van der Waals surface area contributed by atoms with Crippen LogP contribution in [0, 0.1) is 0 Å². The highest BCUT2D eigenvalue weighted by atomic mass is 16.2. The van der Waals surface area contributed by atoms with Crippen LogP contribution in [0.5, 0.6) is 0 Å². The first-order chi connectivity index (χ1) is 12.7. The number of likely N-dealkylation sites (tertiary alicyclic amines) is 1. The second-order valence-corrected chi connectivity index (χ2v) is 7.42. The molecule has 1 fully saturated rings. The van der Waals surface area contributed by atoms with Gasteiger partial charge in [-0.1, -0.05) is 37.3 Å². The van der Waals surface area contributed by atoms with E-state index in [9.17, 15) is 4.79 Å². The molecule has 0 unspecified atom stereocenters. The van der Waals surface area contributed by atoms with Crippen LogP contribution in [-0.2, 0) is 0 Å². The van der Waals surface area contributed by atoms with Crippen LogP contribution in [0.2, 0.25) is 0 Å². The third kappa shape index (κ3) is 3.10. The number of carbonyl (C=O) groups excluding carboxylic acids is 1. The van der Waals surface area contributed by atoms with Gasteiger partial charge in [-0.2, -0.15) is 0 Å². The van der Waals surface area contributed by atoms with Crippen LogP contribution >= 0.6 is 0 Å². The van der Waals surface area contributed by atoms with Crippen molar-refractivity contribution in [3.8, 4) is 0 Å². The van der Waals surface area contributed by atoms with Gasteiger partial charge < -0.3 is 14.8 Å². The fraction of sp³-hybridized carbons (Fsp3) is 0.409. The molecular formula is C22H27N3O. The van der Waals surface area contributed by atoms with E-state index in [2.05, 4.69) is 41.1 Å². The number of H-pyrrole nitrogens is 1. The van der Waals surface area contributed by atoms with E-state index in [4.69, 9.17) is 0 Å². The Labute approximate surface area is 154 Å². The molecule has 0 spiro atoms. The molecule has 2 aromatic carbocycles. The molecule has 2 heterocycles. The maximum atomic E-state index is 13.0. The predicted octanol–water partition coefficient (Wildman–Crippen LogP) is 4.27. The molecule has 1 saturated heterocycles. The zero-order valence-corrected chi connectivity index (χ0v) is 15.7. The van der Waals surface area contributed by atoms with Crippen LogP contribution in [0.15, 0.2) is 42.5 Å². The van der Waals surface area contributed by atoms with Crippen molar-refractivity contribution in [3.63, 3.8) is 0 Å². The van der Waals surface area contributed by atoms with Crippen molar-refractivity contribution >= 4 is 27.6 Å². The molecule has 0 aliphatic carbocycles. The second-order valence-electron chi connectivity index (χ2n) is 7.42. The van der Waals surface area contributed by atoms with Crippen LogP contribution in [0.4, 0.5) is 0 Å². The molecule has 4 heteroatoms. The Bertz CT molecular complexity index is 921. The summed E-state index contributed by atoms with van der Waals surface area (Å²) < 4.78 is 0. The normalized spacial score (nSPS) is 16.4. The van der Waals surface area contributed by atoms with Gasteiger partial charge in [0.2, 0.25) is 0 Å². The van der Waals surface area contributed by atoms with E-state index in [1.165, 1.54) is 23.7 Å². The Kier molecular flexibility index (Phi) is 4.68. The number of hydrogen-bond acceptors (Lipinski definition) is 2. The van der Waals surface area contributed by atoms with Crippen molar-refractivity contribution in [1.82, 2.24) is 14.8 Å². The number of hydrogen-bond donors (Lipinski definition) is 1. The van der Waals surface area contributed by atoms with E-state index >= 15 is 0 Å². The van der Waals surface area contributed by atoms with Crippen molar-refractivity contribution in [2.24, 2.45) is 0 Å². The lowest BCUT2D eigenvalue weighted by Gasteiger charge is -2.36. The van der Waals surface area contributed by atoms with E-state index in [0.29, 0.717) is 11.7 Å². The zero-order chi connectivity index (χ0) is 18.1. The number of amides is 1. The van der Waals surface area contributed by atoms with E-state index in [1.54, 1.807) is 0 Å². The highest BCUT2D eigenvalue weighted by molar-refractivity contribution is 6.09. The van der Waals surface area contributed by atoms with Gasteiger partial charge in [0.15, 0.2) is 0 Å². The van der Waals surface area contributed by atoms with Crippen molar-refractivity contribution in [2.75, 3.05) is 26.7 Å². The second kappa shape index (κ2) is 7.12. The van der Waals surface area contributed by atoms with E-state index in [-0.39, 0.29) is 5.91 Å². The first-order valence-electron chi connectivity index (χ1n) is 9.67. The highest BCUT2D eigenvalue weighted by Gasteiger charge is 2.26. The van der Waals surface area contributed by atoms with Gasteiger partial charge in [-0.05, 0) is 48.7 Å².